The van der Waals surface area contributed by atoms with Crippen molar-refractivity contribution >= 4 is 35.1 Å². The average Bonchev–Trinajstić information content (AvgIpc) is 3.19. The quantitative estimate of drug-likeness (QED) is 0.580. The zero-order valence-electron chi connectivity index (χ0n) is 18.3. The van der Waals surface area contributed by atoms with Crippen LogP contribution in [-0.2, 0) is 22.3 Å². The number of likely N-dealkylation sites (tertiary alicyclic amines) is 1. The molecule has 0 bridgehead atoms. The maximum absolute atomic E-state index is 12.7. The number of benzene rings is 1. The minimum atomic E-state index is -0.599. The molecule has 1 aliphatic heterocycles. The van der Waals surface area contributed by atoms with Crippen LogP contribution in [-0.4, -0.2) is 66.6 Å². The predicted octanol–water partition coefficient (Wildman–Crippen LogP) is 4.79. The van der Waals surface area contributed by atoms with E-state index in [-0.39, 0.29) is 12.6 Å². The van der Waals surface area contributed by atoms with Crippen molar-refractivity contribution in [2.45, 2.75) is 38.8 Å². The number of aromatic nitrogens is 2. The fourth-order valence-corrected chi connectivity index (χ4v) is 4.24. The zero-order valence-corrected chi connectivity index (χ0v) is 19.8. The molecule has 0 aliphatic carbocycles. The Morgan fingerprint density at radius 3 is 2.59 bits per heavy atom. The Bertz CT molecular complexity index is 963. The summed E-state index contributed by atoms with van der Waals surface area (Å²) in [6, 6.07) is 5.01. The molecule has 32 heavy (non-hydrogen) atoms. The third kappa shape index (κ3) is 5.42. The van der Waals surface area contributed by atoms with Crippen LogP contribution in [0.1, 0.15) is 25.2 Å². The second-order valence-electron chi connectivity index (χ2n) is 7.37. The Morgan fingerprint density at radius 2 is 1.97 bits per heavy atom. The Morgan fingerprint density at radius 1 is 1.22 bits per heavy atom. The van der Waals surface area contributed by atoms with Crippen molar-refractivity contribution in [2.24, 2.45) is 0 Å². The van der Waals surface area contributed by atoms with Gasteiger partial charge in [-0.2, -0.15) is 0 Å². The van der Waals surface area contributed by atoms with E-state index in [9.17, 15) is 9.18 Å². The molecule has 1 amide bonds. The summed E-state index contributed by atoms with van der Waals surface area (Å²) in [7, 11) is 1.33. The number of anilines is 1. The number of halogens is 3. The smallest absolute Gasteiger partial charge is 0.409 e. The molecule has 2 aromatic rings. The molecule has 3 rings (SSSR count). The van der Waals surface area contributed by atoms with Crippen molar-refractivity contribution in [2.75, 3.05) is 38.8 Å². The zero-order chi connectivity index (χ0) is 23.3. The normalized spacial score (nSPS) is 18.1. The van der Waals surface area contributed by atoms with Crippen molar-refractivity contribution in [1.82, 2.24) is 14.9 Å². The number of hydrogen-bond donors (Lipinski definition) is 1. The first-order valence-corrected chi connectivity index (χ1v) is 11.3. The molecule has 1 aromatic carbocycles. The van der Waals surface area contributed by atoms with E-state index in [0.717, 1.165) is 17.0 Å². The highest BCUT2D eigenvalue weighted by atomic mass is 35.5. The van der Waals surface area contributed by atoms with Crippen LogP contribution in [0.2, 0.25) is 10.0 Å². The van der Waals surface area contributed by atoms with E-state index in [1.54, 1.807) is 12.1 Å². The van der Waals surface area contributed by atoms with E-state index in [1.807, 2.05) is 19.9 Å². The van der Waals surface area contributed by atoms with Crippen molar-refractivity contribution in [3.8, 4) is 11.3 Å². The van der Waals surface area contributed by atoms with Gasteiger partial charge in [0.1, 0.15) is 12.5 Å². The summed E-state index contributed by atoms with van der Waals surface area (Å²) < 4.78 is 23.2. The number of hydrogen-bond acceptors (Lipinski definition) is 6. The highest BCUT2D eigenvalue weighted by Crippen LogP contribution is 2.33. The number of ether oxygens (including phenoxy) is 2. The van der Waals surface area contributed by atoms with Crippen molar-refractivity contribution in [3.05, 3.63) is 39.6 Å². The summed E-state index contributed by atoms with van der Waals surface area (Å²) in [5.74, 6) is 0.615. The monoisotopic (exact) mass is 484 g/mol. The first-order chi connectivity index (χ1) is 15.4. The summed E-state index contributed by atoms with van der Waals surface area (Å²) in [6.07, 6.45) is 0.417. The number of rotatable bonds is 8. The van der Waals surface area contributed by atoms with E-state index in [2.05, 4.69) is 5.32 Å². The van der Waals surface area contributed by atoms with Crippen LogP contribution in [0.5, 0.6) is 0 Å². The van der Waals surface area contributed by atoms with E-state index in [0.29, 0.717) is 47.5 Å². The van der Waals surface area contributed by atoms with Gasteiger partial charge in [0.15, 0.2) is 0 Å². The Balaban J connectivity index is 1.93. The molecule has 1 aromatic heterocycles. The molecule has 1 N–H and O–H groups in total. The van der Waals surface area contributed by atoms with Crippen LogP contribution < -0.4 is 5.32 Å². The van der Waals surface area contributed by atoms with Gasteiger partial charge in [-0.1, -0.05) is 37.0 Å². The number of carbonyl (C=O) groups is 1. The molecule has 0 saturated carbocycles. The molecule has 1 aliphatic rings. The van der Waals surface area contributed by atoms with Crippen molar-refractivity contribution in [1.29, 1.82) is 0 Å². The molecule has 7 nitrogen and oxygen atoms in total. The molecule has 10 heteroatoms. The van der Waals surface area contributed by atoms with Gasteiger partial charge in [-0.25, -0.2) is 19.2 Å². The molecule has 2 heterocycles. The van der Waals surface area contributed by atoms with Crippen LogP contribution in [0, 0.1) is 0 Å². The van der Waals surface area contributed by atoms with Gasteiger partial charge in [0, 0.05) is 17.1 Å². The number of carbonyl (C=O) groups excluding carboxylic acids is 1. The van der Waals surface area contributed by atoms with E-state index in [4.69, 9.17) is 42.6 Å². The highest BCUT2D eigenvalue weighted by Gasteiger charge is 2.37. The van der Waals surface area contributed by atoms with E-state index >= 15 is 0 Å². The largest absolute Gasteiger partial charge is 0.453 e. The molecule has 1 saturated heterocycles. The second-order valence-corrected chi connectivity index (χ2v) is 8.21. The van der Waals surface area contributed by atoms with Crippen LogP contribution in [0.25, 0.3) is 11.3 Å². The van der Waals surface area contributed by atoms with Gasteiger partial charge in [-0.05, 0) is 31.0 Å². The molecular formula is C22H27Cl2FN4O3. The van der Waals surface area contributed by atoms with Crippen LogP contribution in [0.3, 0.4) is 0 Å². The van der Waals surface area contributed by atoms with E-state index in [1.165, 1.54) is 12.0 Å². The Hall–Kier alpha value is -2.16. The molecule has 174 valence electrons. The minimum absolute atomic E-state index is 0.0433. The Labute approximate surface area is 197 Å². The number of nitrogens with one attached hydrogen (secondary N) is 1. The van der Waals surface area contributed by atoms with Crippen LogP contribution in [0.4, 0.5) is 15.0 Å². The lowest BCUT2D eigenvalue weighted by Gasteiger charge is -2.22. The maximum Gasteiger partial charge on any atom is 0.409 e. The molecule has 2 atom stereocenters. The lowest BCUT2D eigenvalue weighted by molar-refractivity contribution is 0.0443. The molecule has 2 unspecified atom stereocenters. The standard InChI is InChI=1S/C22H27Cl2FN4O3/c1-4-16-20(14-7-6-13(23)10-15(14)24)26-17(5-2)21(27-16)28-18-11-29(22(30)31-3)12-19(18)32-9-8-25/h6-7,10,18-19H,4-5,8-9,11-12H2,1-3H3,(H,27,28). The SMILES string of the molecule is CCc1nc(-c2ccc(Cl)cc2Cl)c(CC)nc1NC1CN(C(=O)OC)CC1OCCF. The summed E-state index contributed by atoms with van der Waals surface area (Å²) in [6.45, 7) is 3.99. The lowest BCUT2D eigenvalue weighted by atomic mass is 10.1. The number of methoxy groups -OCH3 is 1. The third-order valence-corrected chi connectivity index (χ3v) is 5.87. The highest BCUT2D eigenvalue weighted by molar-refractivity contribution is 6.36. The van der Waals surface area contributed by atoms with Gasteiger partial charge >= 0.3 is 6.09 Å². The third-order valence-electron chi connectivity index (χ3n) is 5.33. The average molecular weight is 485 g/mol. The Kier molecular flexibility index (Phi) is 8.51. The van der Waals surface area contributed by atoms with Gasteiger partial charge in [0.05, 0.1) is 54.5 Å². The lowest BCUT2D eigenvalue weighted by Crippen LogP contribution is -2.36. The van der Waals surface area contributed by atoms with Gasteiger partial charge in [-0.3, -0.25) is 0 Å². The van der Waals surface area contributed by atoms with Crippen LogP contribution >= 0.6 is 23.2 Å². The molecule has 0 radical (unpaired) electrons. The fraction of sp³-hybridized carbons (Fsp3) is 0.500. The van der Waals surface area contributed by atoms with E-state index < -0.39 is 18.9 Å². The molecular weight excluding hydrogens is 458 g/mol. The van der Waals surface area contributed by atoms with Crippen molar-refractivity contribution in [3.63, 3.8) is 0 Å². The molecule has 1 fully saturated rings. The fourth-order valence-electron chi connectivity index (χ4n) is 3.74. The summed E-state index contributed by atoms with van der Waals surface area (Å²) >= 11 is 12.5. The topological polar surface area (TPSA) is 76.6 Å². The summed E-state index contributed by atoms with van der Waals surface area (Å²) in [5.41, 5.74) is 3.01. The van der Waals surface area contributed by atoms with Crippen LogP contribution in [0.15, 0.2) is 18.2 Å². The summed E-state index contributed by atoms with van der Waals surface area (Å²) in [4.78, 5) is 23.2. The van der Waals surface area contributed by atoms with Gasteiger partial charge in [-0.15, -0.1) is 0 Å². The minimum Gasteiger partial charge on any atom is -0.453 e. The number of nitrogens with zero attached hydrogens (tertiary/aromatic N) is 3. The number of amides is 1. The number of alkyl halides is 1. The first kappa shape index (κ1) is 24.5. The maximum atomic E-state index is 12.7. The summed E-state index contributed by atoms with van der Waals surface area (Å²) in [5, 5.41) is 4.44. The predicted molar refractivity (Wildman–Crippen MR) is 123 cm³/mol. The van der Waals surface area contributed by atoms with Gasteiger partial charge < -0.3 is 19.7 Å². The number of aryl methyl sites for hydroxylation is 2. The first-order valence-electron chi connectivity index (χ1n) is 10.5. The van der Waals surface area contributed by atoms with Gasteiger partial charge in [0.25, 0.3) is 0 Å². The second kappa shape index (κ2) is 11.1. The van der Waals surface area contributed by atoms with Crippen molar-refractivity contribution < 1.29 is 18.7 Å². The molecule has 0 spiro atoms. The van der Waals surface area contributed by atoms with Gasteiger partial charge in [0.2, 0.25) is 0 Å².